The zero-order valence-corrected chi connectivity index (χ0v) is 23.6. The second-order valence-electron chi connectivity index (χ2n) is 10.5. The Balaban J connectivity index is 1.39. The predicted molar refractivity (Wildman–Crippen MR) is 157 cm³/mol. The van der Waals surface area contributed by atoms with Gasteiger partial charge in [-0.1, -0.05) is 6.07 Å². The van der Waals surface area contributed by atoms with Crippen LogP contribution in [0.15, 0.2) is 60.8 Å². The lowest BCUT2D eigenvalue weighted by molar-refractivity contribution is 0.0954. The van der Waals surface area contributed by atoms with Crippen molar-refractivity contribution in [3.63, 3.8) is 0 Å². The molecule has 5 rings (SSSR count). The van der Waals surface area contributed by atoms with Gasteiger partial charge in [-0.2, -0.15) is 10.5 Å². The van der Waals surface area contributed by atoms with Crippen molar-refractivity contribution in [3.8, 4) is 11.3 Å². The molecule has 2 aromatic carbocycles. The van der Waals surface area contributed by atoms with Gasteiger partial charge in [-0.3, -0.25) is 14.8 Å². The molecule has 1 unspecified atom stereocenters. The summed E-state index contributed by atoms with van der Waals surface area (Å²) in [5.74, 6) is 6.07. The lowest BCUT2D eigenvalue weighted by atomic mass is 10.0. The van der Waals surface area contributed by atoms with E-state index in [0.717, 1.165) is 56.9 Å². The van der Waals surface area contributed by atoms with Gasteiger partial charge in [0.2, 0.25) is 0 Å². The summed E-state index contributed by atoms with van der Waals surface area (Å²) >= 11 is 0. The number of carbonyl (C=O) groups is 1. The molecule has 0 spiro atoms. The van der Waals surface area contributed by atoms with E-state index in [0.29, 0.717) is 24.4 Å². The summed E-state index contributed by atoms with van der Waals surface area (Å²) in [6.07, 6.45) is 6.55. The van der Waals surface area contributed by atoms with E-state index in [1.54, 1.807) is 12.1 Å². The zero-order chi connectivity index (χ0) is 27.6. The smallest absolute Gasteiger partial charge is 0.251 e. The lowest BCUT2D eigenvalue weighted by Gasteiger charge is -2.21. The monoisotopic (exact) mass is 545 g/mol. The highest BCUT2D eigenvalue weighted by Crippen LogP contribution is 2.54. The first-order chi connectivity index (χ1) is 18.8. The highest BCUT2D eigenvalue weighted by atomic mass is 31.2. The predicted octanol–water partition coefficient (Wildman–Crippen LogP) is 5.77. The molecule has 1 aliphatic rings. The summed E-state index contributed by atoms with van der Waals surface area (Å²) in [5, 5.41) is 5.10. The Morgan fingerprint density at radius 3 is 2.64 bits per heavy atom. The molecule has 1 amide bonds. The number of pyridine rings is 2. The van der Waals surface area contributed by atoms with E-state index in [-0.39, 0.29) is 11.7 Å². The molecule has 39 heavy (non-hydrogen) atoms. The molecule has 1 fully saturated rings. The standard InChI is InChI=1S/C31H34FN4O2P/c1-4-39(3,38-33)28-19-27(36-29(20(28)2)22-9-11-26(32)12-10-22)13-15-35-31(37)25-17-23-6-5-14-34-30(23)24(18-25)16-21-7-8-21/h5-6,9-12,14,17-19,21H,4,7-8,13,15-16,33H2,1-3H3/p+1. The molecule has 8 heteroatoms. The third kappa shape index (κ3) is 6.01. The fourth-order valence-electron chi connectivity index (χ4n) is 5.05. The van der Waals surface area contributed by atoms with E-state index < -0.39 is 7.49 Å². The van der Waals surface area contributed by atoms with E-state index in [4.69, 9.17) is 15.5 Å². The summed E-state index contributed by atoms with van der Waals surface area (Å²) in [6.45, 7) is 6.55. The quantitative estimate of drug-likeness (QED) is 0.195. The first kappa shape index (κ1) is 27.3. The first-order valence-corrected chi connectivity index (χ1v) is 15.8. The SMILES string of the molecule is CC[P+](C)(ON)c1cc(CCNC(=O)c2cc(CC3CC3)c3ncccc3c2)nc(-c2ccc(F)cc2)c1C. The topological polar surface area (TPSA) is 90.1 Å². The van der Waals surface area contributed by atoms with E-state index in [9.17, 15) is 9.18 Å². The number of hydrogen-bond donors (Lipinski definition) is 2. The van der Waals surface area contributed by atoms with Gasteiger partial charge in [-0.25, -0.2) is 4.39 Å². The maximum atomic E-state index is 13.6. The van der Waals surface area contributed by atoms with Gasteiger partial charge in [-0.05, 0) is 87.1 Å². The van der Waals surface area contributed by atoms with Crippen LogP contribution in [0.25, 0.3) is 22.2 Å². The minimum absolute atomic E-state index is 0.111. The van der Waals surface area contributed by atoms with Crippen molar-refractivity contribution in [1.82, 2.24) is 15.3 Å². The Hall–Kier alpha value is -3.25. The van der Waals surface area contributed by atoms with E-state index >= 15 is 0 Å². The fraction of sp³-hybridized carbons (Fsp3) is 0.323. The second-order valence-corrected chi connectivity index (χ2v) is 14.0. The van der Waals surface area contributed by atoms with E-state index in [1.807, 2.05) is 43.5 Å². The molecule has 2 aromatic heterocycles. The van der Waals surface area contributed by atoms with Crippen LogP contribution in [0.4, 0.5) is 4.39 Å². The summed E-state index contributed by atoms with van der Waals surface area (Å²) in [5.41, 5.74) is 6.17. The molecule has 2 heterocycles. The van der Waals surface area contributed by atoms with Crippen molar-refractivity contribution in [2.24, 2.45) is 11.8 Å². The van der Waals surface area contributed by atoms with Crippen molar-refractivity contribution in [2.45, 2.75) is 39.5 Å². The van der Waals surface area contributed by atoms with Crippen LogP contribution in [-0.4, -0.2) is 35.2 Å². The van der Waals surface area contributed by atoms with Crippen LogP contribution in [0, 0.1) is 18.7 Å². The molecule has 0 bridgehead atoms. The van der Waals surface area contributed by atoms with Crippen LogP contribution >= 0.6 is 7.49 Å². The summed E-state index contributed by atoms with van der Waals surface area (Å²) in [7, 11) is -2.07. The van der Waals surface area contributed by atoms with Crippen LogP contribution in [0.1, 0.15) is 46.9 Å². The van der Waals surface area contributed by atoms with Gasteiger partial charge in [0, 0.05) is 53.0 Å². The molecular weight excluding hydrogens is 510 g/mol. The Morgan fingerprint density at radius 2 is 1.95 bits per heavy atom. The van der Waals surface area contributed by atoms with Crippen LogP contribution in [0.2, 0.25) is 0 Å². The van der Waals surface area contributed by atoms with E-state index in [2.05, 4.69) is 23.9 Å². The largest absolute Gasteiger partial charge is 0.352 e. The molecule has 1 saturated carbocycles. The van der Waals surface area contributed by atoms with Crippen LogP contribution in [0.5, 0.6) is 0 Å². The van der Waals surface area contributed by atoms with Crippen molar-refractivity contribution in [1.29, 1.82) is 0 Å². The Bertz CT molecular complexity index is 1500. The Kier molecular flexibility index (Phi) is 8.03. The van der Waals surface area contributed by atoms with Gasteiger partial charge in [0.1, 0.15) is 11.1 Å². The van der Waals surface area contributed by atoms with Crippen molar-refractivity contribution >= 4 is 29.6 Å². The molecule has 1 aliphatic carbocycles. The highest BCUT2D eigenvalue weighted by Gasteiger charge is 2.38. The number of aromatic nitrogens is 2. The highest BCUT2D eigenvalue weighted by molar-refractivity contribution is 7.77. The maximum Gasteiger partial charge on any atom is 0.251 e. The average molecular weight is 546 g/mol. The van der Waals surface area contributed by atoms with Crippen LogP contribution in [-0.2, 0) is 17.5 Å². The van der Waals surface area contributed by atoms with Crippen molar-refractivity contribution < 1.29 is 13.8 Å². The van der Waals surface area contributed by atoms with Gasteiger partial charge in [-0.15, -0.1) is 0 Å². The third-order valence-corrected chi connectivity index (χ3v) is 10.8. The molecule has 6 nitrogen and oxygen atoms in total. The molecule has 4 aromatic rings. The third-order valence-electron chi connectivity index (χ3n) is 7.68. The number of nitrogens with one attached hydrogen (secondary N) is 1. The van der Waals surface area contributed by atoms with Crippen LogP contribution < -0.4 is 16.5 Å². The molecule has 202 valence electrons. The Labute approximate surface area is 229 Å². The number of hydrogen-bond acceptors (Lipinski definition) is 5. The summed E-state index contributed by atoms with van der Waals surface area (Å²) in [4.78, 5) is 22.7. The number of amides is 1. The minimum atomic E-state index is -2.07. The lowest BCUT2D eigenvalue weighted by Crippen LogP contribution is -2.27. The fourth-order valence-corrected chi connectivity index (χ4v) is 6.89. The molecule has 1 atom stereocenters. The second kappa shape index (κ2) is 11.5. The maximum absolute atomic E-state index is 13.6. The van der Waals surface area contributed by atoms with Crippen LogP contribution in [0.3, 0.4) is 0 Å². The van der Waals surface area contributed by atoms with Crippen molar-refractivity contribution in [2.75, 3.05) is 19.4 Å². The number of rotatable bonds is 10. The van der Waals surface area contributed by atoms with Gasteiger partial charge >= 0.3 is 0 Å². The number of carbonyl (C=O) groups excluding carboxylic acids is 1. The van der Waals surface area contributed by atoms with Gasteiger partial charge in [0.25, 0.3) is 5.91 Å². The number of fused-ring (bicyclic) bond motifs is 1. The number of benzene rings is 2. The number of nitrogens with zero attached hydrogens (tertiary/aromatic N) is 2. The average Bonchev–Trinajstić information content (AvgIpc) is 3.78. The minimum Gasteiger partial charge on any atom is -0.352 e. The normalized spacial score (nSPS) is 14.8. The summed E-state index contributed by atoms with van der Waals surface area (Å²) < 4.78 is 19.2. The summed E-state index contributed by atoms with van der Waals surface area (Å²) in [6, 6.07) is 16.2. The molecule has 0 saturated heterocycles. The van der Waals surface area contributed by atoms with Gasteiger partial charge in [0.15, 0.2) is 7.49 Å². The number of nitrogens with two attached hydrogens (primary N) is 1. The van der Waals surface area contributed by atoms with Gasteiger partial charge in [0.05, 0.1) is 24.0 Å². The molecule has 0 radical (unpaired) electrons. The first-order valence-electron chi connectivity index (χ1n) is 13.5. The van der Waals surface area contributed by atoms with Gasteiger partial charge < -0.3 is 5.32 Å². The van der Waals surface area contributed by atoms with E-state index in [1.165, 1.54) is 25.0 Å². The molecule has 3 N–H and O–H groups in total. The molecular formula is C31H35FN4O2P+. The Morgan fingerprint density at radius 1 is 1.18 bits per heavy atom. The molecule has 0 aliphatic heterocycles. The number of halogens is 1. The zero-order valence-electron chi connectivity index (χ0n) is 22.7. The van der Waals surface area contributed by atoms with Crippen molar-refractivity contribution in [3.05, 3.63) is 89.0 Å².